The minimum atomic E-state index is -0.787. The molecule has 3 aromatic rings. The van der Waals surface area contributed by atoms with E-state index in [4.69, 9.17) is 11.6 Å². The van der Waals surface area contributed by atoms with Crippen LogP contribution in [0.4, 0.5) is 20.3 Å². The van der Waals surface area contributed by atoms with Crippen molar-refractivity contribution in [3.05, 3.63) is 48.4 Å². The Morgan fingerprint density at radius 2 is 2.05 bits per heavy atom. The van der Waals surface area contributed by atoms with Crippen molar-refractivity contribution < 1.29 is 8.78 Å². The number of nitrogens with one attached hydrogen (secondary N) is 1. The normalized spacial score (nSPS) is 11.4. The number of hydrazine groups is 1. The van der Waals surface area contributed by atoms with E-state index in [1.165, 1.54) is 18.7 Å². The van der Waals surface area contributed by atoms with Crippen molar-refractivity contribution in [2.75, 3.05) is 5.73 Å². The molecule has 5 N–H and O–H groups in total. The monoisotopic (exact) mass is 302 g/mol. The minimum Gasteiger partial charge on any atom is -0.396 e. The first kappa shape index (κ1) is 14.0. The largest absolute Gasteiger partial charge is 0.396 e. The third-order valence-corrected chi connectivity index (χ3v) is 3.18. The number of benzene rings is 1. The van der Waals surface area contributed by atoms with Crippen LogP contribution in [-0.4, -0.2) is 15.7 Å². The summed E-state index contributed by atoms with van der Waals surface area (Å²) in [4.78, 5) is 8.09. The van der Waals surface area contributed by atoms with Crippen LogP contribution in [0, 0.1) is 11.6 Å². The van der Waals surface area contributed by atoms with E-state index in [1.54, 1.807) is 22.7 Å². The van der Waals surface area contributed by atoms with E-state index >= 15 is 0 Å². The molecule has 0 unspecified atom stereocenters. The molecule has 6 nitrogen and oxygen atoms in total. The number of pyridine rings is 1. The lowest BCUT2D eigenvalue weighted by Crippen LogP contribution is -2.18. The van der Waals surface area contributed by atoms with Crippen LogP contribution in [0.25, 0.3) is 16.6 Å². The average molecular weight is 302 g/mol. The number of fused-ring (bicyclic) bond motifs is 1. The third kappa shape index (κ3) is 2.25. The second kappa shape index (κ2) is 5.41. The van der Waals surface area contributed by atoms with Crippen LogP contribution < -0.4 is 17.0 Å². The van der Waals surface area contributed by atoms with Gasteiger partial charge in [0.05, 0.1) is 16.8 Å². The number of anilines is 1. The van der Waals surface area contributed by atoms with Gasteiger partial charge in [0.25, 0.3) is 0 Å². The Morgan fingerprint density at radius 1 is 1.23 bits per heavy atom. The maximum absolute atomic E-state index is 14.1. The number of imidazole rings is 1. The highest BCUT2D eigenvalue weighted by Gasteiger charge is 2.15. The fourth-order valence-electron chi connectivity index (χ4n) is 2.16. The lowest BCUT2D eigenvalue weighted by molar-refractivity contribution is 0.592. The number of halogens is 2. The summed E-state index contributed by atoms with van der Waals surface area (Å²) in [5.41, 5.74) is 8.50. The van der Waals surface area contributed by atoms with Crippen molar-refractivity contribution in [2.45, 2.75) is 0 Å². The molecule has 112 valence electrons. The highest BCUT2D eigenvalue weighted by molar-refractivity contribution is 5.75. The second-order valence-corrected chi connectivity index (χ2v) is 4.53. The van der Waals surface area contributed by atoms with Crippen LogP contribution in [0.1, 0.15) is 0 Å². The lowest BCUT2D eigenvalue weighted by atomic mass is 10.1. The number of nitrogens with zero attached hydrogens (tertiary/aromatic N) is 3. The molecule has 8 heteroatoms. The summed E-state index contributed by atoms with van der Waals surface area (Å²) < 4.78 is 29.6. The molecular weight excluding hydrogens is 290 g/mol. The number of aromatic nitrogens is 2. The van der Waals surface area contributed by atoms with Crippen LogP contribution in [0.15, 0.2) is 41.8 Å². The van der Waals surface area contributed by atoms with Crippen molar-refractivity contribution in [3.63, 3.8) is 0 Å². The Balaban J connectivity index is 2.15. The SMILES string of the molecule is NN/C=N/c1ncn2cc(-c3c(F)ccc(N)c3F)ccc12. The number of rotatable bonds is 3. The van der Waals surface area contributed by atoms with E-state index in [1.807, 2.05) is 0 Å². The van der Waals surface area contributed by atoms with Crippen molar-refractivity contribution in [1.29, 1.82) is 0 Å². The van der Waals surface area contributed by atoms with Gasteiger partial charge in [0.1, 0.15) is 18.5 Å². The number of hydrogen-bond acceptors (Lipinski definition) is 4. The van der Waals surface area contributed by atoms with E-state index in [-0.39, 0.29) is 11.3 Å². The molecule has 0 saturated carbocycles. The van der Waals surface area contributed by atoms with Gasteiger partial charge in [-0.3, -0.25) is 0 Å². The van der Waals surface area contributed by atoms with Gasteiger partial charge < -0.3 is 15.6 Å². The van der Waals surface area contributed by atoms with Gasteiger partial charge in [-0.25, -0.2) is 24.6 Å². The zero-order chi connectivity index (χ0) is 15.7. The van der Waals surface area contributed by atoms with Crippen molar-refractivity contribution in [3.8, 4) is 11.1 Å². The van der Waals surface area contributed by atoms with Crippen molar-refractivity contribution in [2.24, 2.45) is 10.8 Å². The van der Waals surface area contributed by atoms with Gasteiger partial charge in [0.2, 0.25) is 0 Å². The highest BCUT2D eigenvalue weighted by Crippen LogP contribution is 2.30. The molecule has 1 aromatic carbocycles. The zero-order valence-corrected chi connectivity index (χ0v) is 11.3. The van der Waals surface area contributed by atoms with Gasteiger partial charge in [0.15, 0.2) is 11.6 Å². The standard InChI is InChI=1S/C14H12F2N6/c15-9-2-3-10(17)13(16)12(9)8-1-4-11-14(19-6-21-18)20-7-22(11)5-8/h1-7H,17-18H2,(H,19,21). The first-order chi connectivity index (χ1) is 10.6. The van der Waals surface area contributed by atoms with E-state index < -0.39 is 11.6 Å². The summed E-state index contributed by atoms with van der Waals surface area (Å²) in [5, 5.41) is 0. The first-order valence-corrected chi connectivity index (χ1v) is 6.31. The Hall–Kier alpha value is -3.00. The number of nitrogens with two attached hydrogens (primary N) is 2. The molecule has 0 atom stereocenters. The maximum Gasteiger partial charge on any atom is 0.179 e. The van der Waals surface area contributed by atoms with Gasteiger partial charge in [0, 0.05) is 11.8 Å². The van der Waals surface area contributed by atoms with E-state index in [2.05, 4.69) is 15.4 Å². The summed E-state index contributed by atoms with van der Waals surface area (Å²) in [6.07, 6.45) is 4.33. The summed E-state index contributed by atoms with van der Waals surface area (Å²) in [7, 11) is 0. The van der Waals surface area contributed by atoms with Crippen molar-refractivity contribution in [1.82, 2.24) is 14.8 Å². The van der Waals surface area contributed by atoms with Crippen LogP contribution in [0.5, 0.6) is 0 Å². The molecule has 0 fully saturated rings. The number of aliphatic imine (C=N–C) groups is 1. The summed E-state index contributed by atoms with van der Waals surface area (Å²) in [6.45, 7) is 0. The molecule has 0 aliphatic carbocycles. The van der Waals surface area contributed by atoms with Crippen LogP contribution in [0.3, 0.4) is 0 Å². The Bertz CT molecular complexity index is 871. The van der Waals surface area contributed by atoms with E-state index in [9.17, 15) is 8.78 Å². The summed E-state index contributed by atoms with van der Waals surface area (Å²) in [5.74, 6) is 4.07. The van der Waals surface area contributed by atoms with E-state index in [0.717, 1.165) is 6.07 Å². The molecule has 0 spiro atoms. The third-order valence-electron chi connectivity index (χ3n) is 3.18. The molecule has 2 aromatic heterocycles. The van der Waals surface area contributed by atoms with Gasteiger partial charge >= 0.3 is 0 Å². The van der Waals surface area contributed by atoms with Crippen LogP contribution in [0.2, 0.25) is 0 Å². The molecule has 0 aliphatic heterocycles. The molecule has 2 heterocycles. The topological polar surface area (TPSA) is 93.7 Å². The zero-order valence-electron chi connectivity index (χ0n) is 11.3. The van der Waals surface area contributed by atoms with Gasteiger partial charge in [-0.05, 0) is 18.2 Å². The van der Waals surface area contributed by atoms with Gasteiger partial charge in [-0.2, -0.15) is 0 Å². The predicted molar refractivity (Wildman–Crippen MR) is 80.4 cm³/mol. The smallest absolute Gasteiger partial charge is 0.179 e. The first-order valence-electron chi connectivity index (χ1n) is 6.31. The molecule has 0 aliphatic rings. The Morgan fingerprint density at radius 3 is 2.82 bits per heavy atom. The minimum absolute atomic E-state index is 0.110. The maximum atomic E-state index is 14.1. The molecule has 22 heavy (non-hydrogen) atoms. The number of hydrogen-bond donors (Lipinski definition) is 3. The van der Waals surface area contributed by atoms with Gasteiger partial charge in [-0.1, -0.05) is 6.07 Å². The van der Waals surface area contributed by atoms with Crippen molar-refractivity contribution >= 4 is 23.4 Å². The summed E-state index contributed by atoms with van der Waals surface area (Å²) >= 11 is 0. The quantitative estimate of drug-likeness (QED) is 0.227. The number of nitrogen functional groups attached to an aromatic ring is 1. The lowest BCUT2D eigenvalue weighted by Gasteiger charge is -2.08. The molecule has 3 rings (SSSR count). The predicted octanol–water partition coefficient (Wildman–Crippen LogP) is 1.98. The Labute approximate surface area is 124 Å². The fraction of sp³-hybridized carbons (Fsp3) is 0. The molecule has 0 bridgehead atoms. The molecular formula is C14H12F2N6. The molecule has 0 radical (unpaired) electrons. The van der Waals surface area contributed by atoms with Gasteiger partial charge in [-0.15, -0.1) is 0 Å². The molecule has 0 saturated heterocycles. The Kier molecular flexibility index (Phi) is 3.43. The van der Waals surface area contributed by atoms with Crippen LogP contribution in [-0.2, 0) is 0 Å². The van der Waals surface area contributed by atoms with E-state index in [0.29, 0.717) is 16.9 Å². The van der Waals surface area contributed by atoms with Crippen LogP contribution >= 0.6 is 0 Å². The fourth-order valence-corrected chi connectivity index (χ4v) is 2.16. The molecule has 0 amide bonds. The average Bonchev–Trinajstić information content (AvgIpc) is 2.92. The summed E-state index contributed by atoms with van der Waals surface area (Å²) in [6, 6.07) is 5.56. The highest BCUT2D eigenvalue weighted by atomic mass is 19.1. The second-order valence-electron chi connectivity index (χ2n) is 4.53.